The minimum atomic E-state index is -0.495. The van der Waals surface area contributed by atoms with Crippen LogP contribution < -0.4 is 4.74 Å². The van der Waals surface area contributed by atoms with E-state index in [1.807, 2.05) is 43.3 Å². The maximum Gasteiger partial charge on any atom is 0.309 e. The lowest BCUT2D eigenvalue weighted by molar-refractivity contribution is -0.133. The fraction of sp³-hybridized carbons (Fsp3) is 0.300. The predicted molar refractivity (Wildman–Crippen MR) is 95.7 cm³/mol. The highest BCUT2D eigenvalue weighted by Gasteiger charge is 2.33. The lowest BCUT2D eigenvalue weighted by Gasteiger charge is -2.20. The standard InChI is InChI=1S/C20H20FNO4/c1-4-13-10-15(16-11-25-22-20(16)26-12(2)23)17(18(21)19(13)24-3)14-8-6-5-7-9-14/h5-10,16H,4,11H2,1-3H3. The van der Waals surface area contributed by atoms with E-state index < -0.39 is 17.7 Å². The van der Waals surface area contributed by atoms with Gasteiger partial charge in [-0.2, -0.15) is 0 Å². The zero-order valence-corrected chi connectivity index (χ0v) is 14.9. The van der Waals surface area contributed by atoms with Gasteiger partial charge in [0.2, 0.25) is 5.90 Å². The van der Waals surface area contributed by atoms with Crippen molar-refractivity contribution in [3.63, 3.8) is 0 Å². The van der Waals surface area contributed by atoms with E-state index >= 15 is 4.39 Å². The number of ether oxygens (including phenoxy) is 2. The second-order valence-electron chi connectivity index (χ2n) is 5.94. The minimum absolute atomic E-state index is 0.140. The summed E-state index contributed by atoms with van der Waals surface area (Å²) in [5.74, 6) is -1.05. The van der Waals surface area contributed by atoms with Gasteiger partial charge in [0.1, 0.15) is 12.5 Å². The highest BCUT2D eigenvalue weighted by atomic mass is 19.1. The summed E-state index contributed by atoms with van der Waals surface area (Å²) in [7, 11) is 1.45. The summed E-state index contributed by atoms with van der Waals surface area (Å²) in [5.41, 5.74) is 2.49. The van der Waals surface area contributed by atoms with E-state index in [4.69, 9.17) is 14.3 Å². The molecule has 26 heavy (non-hydrogen) atoms. The summed E-state index contributed by atoms with van der Waals surface area (Å²) in [4.78, 5) is 16.5. The summed E-state index contributed by atoms with van der Waals surface area (Å²) >= 11 is 0. The maximum absolute atomic E-state index is 15.4. The van der Waals surface area contributed by atoms with Crippen LogP contribution in [0.4, 0.5) is 4.39 Å². The molecule has 5 nitrogen and oxygen atoms in total. The van der Waals surface area contributed by atoms with Crippen molar-refractivity contribution in [2.45, 2.75) is 26.2 Å². The second-order valence-corrected chi connectivity index (χ2v) is 5.94. The van der Waals surface area contributed by atoms with Crippen molar-refractivity contribution in [3.05, 3.63) is 53.3 Å². The third-order valence-corrected chi connectivity index (χ3v) is 4.29. The number of hydrogen-bond donors (Lipinski definition) is 0. The highest BCUT2D eigenvalue weighted by molar-refractivity contribution is 5.94. The first-order chi connectivity index (χ1) is 12.6. The van der Waals surface area contributed by atoms with Crippen molar-refractivity contribution in [1.82, 2.24) is 0 Å². The number of nitrogens with zero attached hydrogens (tertiary/aromatic N) is 1. The maximum atomic E-state index is 15.4. The third-order valence-electron chi connectivity index (χ3n) is 4.29. The molecule has 3 rings (SSSR count). The smallest absolute Gasteiger partial charge is 0.309 e. The monoisotopic (exact) mass is 357 g/mol. The summed E-state index contributed by atoms with van der Waals surface area (Å²) in [6, 6.07) is 11.1. The first-order valence-electron chi connectivity index (χ1n) is 8.39. The van der Waals surface area contributed by atoms with Gasteiger partial charge in [0.25, 0.3) is 0 Å². The molecule has 0 fully saturated rings. The molecule has 6 heteroatoms. The van der Waals surface area contributed by atoms with Gasteiger partial charge in [-0.25, -0.2) is 4.39 Å². The molecule has 0 radical (unpaired) electrons. The van der Waals surface area contributed by atoms with Gasteiger partial charge < -0.3 is 14.3 Å². The molecule has 0 saturated carbocycles. The Morgan fingerprint density at radius 3 is 2.69 bits per heavy atom. The van der Waals surface area contributed by atoms with Crippen LogP contribution in [0.1, 0.15) is 30.9 Å². The minimum Gasteiger partial charge on any atom is -0.493 e. The summed E-state index contributed by atoms with van der Waals surface area (Å²) in [5, 5.41) is 3.82. The second kappa shape index (κ2) is 7.56. The Morgan fingerprint density at radius 2 is 2.08 bits per heavy atom. The molecule has 0 bridgehead atoms. The van der Waals surface area contributed by atoms with Crippen LogP contribution in [0.5, 0.6) is 5.75 Å². The molecule has 0 spiro atoms. The van der Waals surface area contributed by atoms with E-state index in [-0.39, 0.29) is 18.3 Å². The Labute approximate surface area is 151 Å². The van der Waals surface area contributed by atoms with E-state index in [1.54, 1.807) is 0 Å². The average Bonchev–Trinajstić information content (AvgIpc) is 3.08. The molecule has 1 aliphatic heterocycles. The highest BCUT2D eigenvalue weighted by Crippen LogP contribution is 2.40. The largest absolute Gasteiger partial charge is 0.493 e. The molecule has 2 aromatic rings. The summed E-state index contributed by atoms with van der Waals surface area (Å²) in [6.45, 7) is 3.40. The number of hydrogen-bond acceptors (Lipinski definition) is 5. The van der Waals surface area contributed by atoms with Gasteiger partial charge in [-0.05, 0) is 23.1 Å². The molecule has 1 heterocycles. The Morgan fingerprint density at radius 1 is 1.35 bits per heavy atom. The van der Waals surface area contributed by atoms with Crippen molar-refractivity contribution in [2.75, 3.05) is 13.7 Å². The SMILES string of the molecule is CCc1cc(C2CON=C2OC(C)=O)c(-c2ccccc2)c(F)c1OC. The zero-order valence-electron chi connectivity index (χ0n) is 14.9. The quantitative estimate of drug-likeness (QED) is 0.775. The predicted octanol–water partition coefficient (Wildman–Crippen LogP) is 4.05. The molecular formula is C20H20FNO4. The Balaban J connectivity index is 2.22. The van der Waals surface area contributed by atoms with Crippen LogP contribution in [-0.4, -0.2) is 25.6 Å². The lowest BCUT2D eigenvalue weighted by Crippen LogP contribution is -2.19. The molecule has 1 unspecified atom stereocenters. The fourth-order valence-electron chi connectivity index (χ4n) is 3.13. The van der Waals surface area contributed by atoms with Crippen LogP contribution in [0.3, 0.4) is 0 Å². The molecule has 0 saturated heterocycles. The number of rotatable bonds is 4. The Hall–Kier alpha value is -2.89. The molecule has 1 aliphatic rings. The van der Waals surface area contributed by atoms with Crippen molar-refractivity contribution in [3.8, 4) is 16.9 Å². The van der Waals surface area contributed by atoms with E-state index in [0.717, 1.165) is 5.56 Å². The van der Waals surface area contributed by atoms with Crippen LogP contribution >= 0.6 is 0 Å². The van der Waals surface area contributed by atoms with E-state index in [2.05, 4.69) is 5.16 Å². The lowest BCUT2D eigenvalue weighted by atomic mass is 9.87. The number of methoxy groups -OCH3 is 1. The number of carbonyl (C=O) groups excluding carboxylic acids is 1. The number of oxime groups is 1. The normalized spacial score (nSPS) is 16.0. The van der Waals surface area contributed by atoms with Gasteiger partial charge in [0.05, 0.1) is 7.11 Å². The molecule has 0 amide bonds. The van der Waals surface area contributed by atoms with Gasteiger partial charge in [0, 0.05) is 12.5 Å². The Kier molecular flexibility index (Phi) is 5.21. The molecule has 2 aromatic carbocycles. The third kappa shape index (κ3) is 3.27. The van der Waals surface area contributed by atoms with Gasteiger partial charge in [-0.1, -0.05) is 48.5 Å². The van der Waals surface area contributed by atoms with Gasteiger partial charge in [-0.15, -0.1) is 0 Å². The van der Waals surface area contributed by atoms with Crippen molar-refractivity contribution < 1.29 is 23.5 Å². The van der Waals surface area contributed by atoms with Gasteiger partial charge in [-0.3, -0.25) is 4.79 Å². The van der Waals surface area contributed by atoms with Crippen LogP contribution in [0.2, 0.25) is 0 Å². The molecule has 136 valence electrons. The van der Waals surface area contributed by atoms with Crippen LogP contribution in [0.15, 0.2) is 41.6 Å². The van der Waals surface area contributed by atoms with Crippen LogP contribution in [0.25, 0.3) is 11.1 Å². The zero-order chi connectivity index (χ0) is 18.7. The number of benzene rings is 2. The first kappa shape index (κ1) is 17.9. The van der Waals surface area contributed by atoms with E-state index in [0.29, 0.717) is 23.1 Å². The molecule has 0 aliphatic carbocycles. The van der Waals surface area contributed by atoms with Crippen LogP contribution in [0, 0.1) is 5.82 Å². The van der Waals surface area contributed by atoms with Crippen molar-refractivity contribution in [1.29, 1.82) is 0 Å². The first-order valence-corrected chi connectivity index (χ1v) is 8.39. The molecule has 0 N–H and O–H groups in total. The topological polar surface area (TPSA) is 57.1 Å². The molecule has 0 aromatic heterocycles. The van der Waals surface area contributed by atoms with Crippen molar-refractivity contribution >= 4 is 11.9 Å². The molecular weight excluding hydrogens is 337 g/mol. The number of esters is 1. The molecule has 1 atom stereocenters. The van der Waals surface area contributed by atoms with Gasteiger partial charge >= 0.3 is 5.97 Å². The van der Waals surface area contributed by atoms with Crippen molar-refractivity contribution in [2.24, 2.45) is 5.16 Å². The number of carbonyl (C=O) groups is 1. The Bertz CT molecular complexity index is 849. The summed E-state index contributed by atoms with van der Waals surface area (Å²) in [6.07, 6.45) is 0.593. The fourth-order valence-corrected chi connectivity index (χ4v) is 3.13. The number of halogens is 1. The van der Waals surface area contributed by atoms with Crippen LogP contribution in [-0.2, 0) is 20.8 Å². The van der Waals surface area contributed by atoms with E-state index in [1.165, 1.54) is 14.0 Å². The van der Waals surface area contributed by atoms with E-state index in [9.17, 15) is 4.79 Å². The average molecular weight is 357 g/mol. The number of aryl methyl sites for hydroxylation is 1. The summed E-state index contributed by atoms with van der Waals surface area (Å²) < 4.78 is 25.9. The van der Waals surface area contributed by atoms with Gasteiger partial charge in [0.15, 0.2) is 11.6 Å².